The van der Waals surface area contributed by atoms with Crippen molar-refractivity contribution in [3.05, 3.63) is 12.7 Å². The van der Waals surface area contributed by atoms with Gasteiger partial charge in [-0.1, -0.05) is 13.0 Å². The lowest BCUT2D eigenvalue weighted by Crippen LogP contribution is -2.31. The maximum Gasteiger partial charge on any atom is 0.0281 e. The molecule has 0 saturated heterocycles. The lowest BCUT2D eigenvalue weighted by molar-refractivity contribution is 0.406. The SMILES string of the molecule is C=CC(NCC)C1C2C3CCC(C3)C21. The van der Waals surface area contributed by atoms with Gasteiger partial charge in [0.05, 0.1) is 0 Å². The second-order valence-corrected chi connectivity index (χ2v) is 5.38. The molecular formula is C13H21N. The second-order valence-electron chi connectivity index (χ2n) is 5.38. The first-order chi connectivity index (χ1) is 6.86. The first-order valence-electron chi connectivity index (χ1n) is 6.22. The summed E-state index contributed by atoms with van der Waals surface area (Å²) in [5.74, 6) is 5.30. The summed E-state index contributed by atoms with van der Waals surface area (Å²) in [7, 11) is 0. The van der Waals surface area contributed by atoms with E-state index in [-0.39, 0.29) is 0 Å². The fourth-order valence-corrected chi connectivity index (χ4v) is 4.48. The zero-order valence-electron chi connectivity index (χ0n) is 9.08. The van der Waals surface area contributed by atoms with Gasteiger partial charge in [0, 0.05) is 6.04 Å². The predicted molar refractivity (Wildman–Crippen MR) is 59.0 cm³/mol. The normalized spacial score (nSPS) is 50.2. The summed E-state index contributed by atoms with van der Waals surface area (Å²) < 4.78 is 0. The number of nitrogens with one attached hydrogen (secondary N) is 1. The van der Waals surface area contributed by atoms with Crippen LogP contribution in [0.2, 0.25) is 0 Å². The first-order valence-corrected chi connectivity index (χ1v) is 6.22. The Labute approximate surface area is 87.0 Å². The van der Waals surface area contributed by atoms with Gasteiger partial charge < -0.3 is 5.32 Å². The molecule has 1 heteroatoms. The zero-order chi connectivity index (χ0) is 9.71. The van der Waals surface area contributed by atoms with Gasteiger partial charge in [-0.05, 0) is 55.4 Å². The molecule has 3 saturated carbocycles. The number of hydrogen-bond acceptors (Lipinski definition) is 1. The van der Waals surface area contributed by atoms with Gasteiger partial charge in [0.1, 0.15) is 0 Å². The van der Waals surface area contributed by atoms with Crippen LogP contribution in [0.4, 0.5) is 0 Å². The molecule has 0 aromatic heterocycles. The molecular weight excluding hydrogens is 170 g/mol. The Kier molecular flexibility index (Phi) is 1.98. The van der Waals surface area contributed by atoms with Crippen molar-refractivity contribution in [2.45, 2.75) is 32.2 Å². The zero-order valence-corrected chi connectivity index (χ0v) is 9.08. The summed E-state index contributed by atoms with van der Waals surface area (Å²) in [6.45, 7) is 7.26. The van der Waals surface area contributed by atoms with Gasteiger partial charge in [0.25, 0.3) is 0 Å². The van der Waals surface area contributed by atoms with E-state index in [1.165, 1.54) is 12.8 Å². The van der Waals surface area contributed by atoms with Gasteiger partial charge in [-0.15, -0.1) is 6.58 Å². The van der Waals surface area contributed by atoms with Crippen LogP contribution >= 0.6 is 0 Å². The minimum absolute atomic E-state index is 0.610. The molecule has 78 valence electrons. The van der Waals surface area contributed by atoms with Crippen LogP contribution in [-0.2, 0) is 0 Å². The Morgan fingerprint density at radius 2 is 2.00 bits per heavy atom. The predicted octanol–water partition coefficient (Wildman–Crippen LogP) is 2.44. The van der Waals surface area contributed by atoms with Gasteiger partial charge in [0.2, 0.25) is 0 Å². The molecule has 5 unspecified atom stereocenters. The molecule has 3 rings (SSSR count). The summed E-state index contributed by atoms with van der Waals surface area (Å²) >= 11 is 0. The van der Waals surface area contributed by atoms with Crippen LogP contribution in [0.5, 0.6) is 0 Å². The Morgan fingerprint density at radius 1 is 1.36 bits per heavy atom. The van der Waals surface area contributed by atoms with Crippen LogP contribution in [0.15, 0.2) is 12.7 Å². The van der Waals surface area contributed by atoms with Gasteiger partial charge in [0.15, 0.2) is 0 Å². The molecule has 0 aromatic rings. The molecule has 2 bridgehead atoms. The van der Waals surface area contributed by atoms with Crippen molar-refractivity contribution < 1.29 is 0 Å². The van der Waals surface area contributed by atoms with E-state index in [1.54, 1.807) is 6.42 Å². The Hall–Kier alpha value is -0.300. The molecule has 0 amide bonds. The molecule has 3 aliphatic carbocycles. The van der Waals surface area contributed by atoms with E-state index >= 15 is 0 Å². The number of fused-ring (bicyclic) bond motifs is 5. The highest BCUT2D eigenvalue weighted by Crippen LogP contribution is 2.70. The van der Waals surface area contributed by atoms with Crippen LogP contribution in [0.1, 0.15) is 26.2 Å². The summed E-state index contributed by atoms with van der Waals surface area (Å²) in [6.07, 6.45) is 6.75. The fraction of sp³-hybridized carbons (Fsp3) is 0.846. The maximum atomic E-state index is 3.98. The van der Waals surface area contributed by atoms with E-state index in [0.29, 0.717) is 6.04 Å². The quantitative estimate of drug-likeness (QED) is 0.673. The van der Waals surface area contributed by atoms with Gasteiger partial charge >= 0.3 is 0 Å². The first kappa shape index (κ1) is 8.96. The third-order valence-corrected chi connectivity index (χ3v) is 4.90. The number of likely N-dealkylation sites (N-methyl/N-ethyl adjacent to an activating group) is 1. The van der Waals surface area contributed by atoms with E-state index in [4.69, 9.17) is 0 Å². The third-order valence-electron chi connectivity index (χ3n) is 4.90. The summed E-state index contributed by atoms with van der Waals surface area (Å²) in [5, 5.41) is 3.57. The molecule has 1 N–H and O–H groups in total. The maximum absolute atomic E-state index is 3.98. The van der Waals surface area contributed by atoms with Crippen molar-refractivity contribution in [2.24, 2.45) is 29.6 Å². The Bertz CT molecular complexity index is 232. The van der Waals surface area contributed by atoms with E-state index < -0.39 is 0 Å². The van der Waals surface area contributed by atoms with E-state index in [9.17, 15) is 0 Å². The second kappa shape index (κ2) is 3.10. The van der Waals surface area contributed by atoms with Crippen molar-refractivity contribution in [1.82, 2.24) is 5.32 Å². The van der Waals surface area contributed by atoms with Crippen molar-refractivity contribution >= 4 is 0 Å². The van der Waals surface area contributed by atoms with Crippen molar-refractivity contribution in [2.75, 3.05) is 6.54 Å². The average molecular weight is 191 g/mol. The molecule has 3 aliphatic rings. The minimum atomic E-state index is 0.610. The smallest absolute Gasteiger partial charge is 0.0281 e. The van der Waals surface area contributed by atoms with Gasteiger partial charge in [-0.2, -0.15) is 0 Å². The lowest BCUT2D eigenvalue weighted by atomic mass is 9.97. The number of rotatable bonds is 4. The van der Waals surface area contributed by atoms with Crippen molar-refractivity contribution in [3.63, 3.8) is 0 Å². The lowest BCUT2D eigenvalue weighted by Gasteiger charge is -2.17. The van der Waals surface area contributed by atoms with Crippen LogP contribution in [0.3, 0.4) is 0 Å². The highest BCUT2D eigenvalue weighted by molar-refractivity contribution is 5.18. The average Bonchev–Trinajstić information content (AvgIpc) is 2.65. The van der Waals surface area contributed by atoms with Gasteiger partial charge in [-0.25, -0.2) is 0 Å². The molecule has 1 nitrogen and oxygen atoms in total. The summed E-state index contributed by atoms with van der Waals surface area (Å²) in [6, 6.07) is 0.610. The van der Waals surface area contributed by atoms with Crippen LogP contribution in [-0.4, -0.2) is 12.6 Å². The fourth-order valence-electron chi connectivity index (χ4n) is 4.48. The molecule has 0 heterocycles. The highest BCUT2D eigenvalue weighted by atomic mass is 14.9. The van der Waals surface area contributed by atoms with Crippen LogP contribution < -0.4 is 5.32 Å². The standard InChI is InChI=1S/C13H21N/c1-3-10(14-4-2)13-11-8-5-6-9(7-8)12(11)13/h3,8-14H,1,4-7H2,2H3. The molecule has 5 atom stereocenters. The van der Waals surface area contributed by atoms with Crippen molar-refractivity contribution in [3.8, 4) is 0 Å². The molecule has 0 spiro atoms. The van der Waals surface area contributed by atoms with Crippen LogP contribution in [0.25, 0.3) is 0 Å². The van der Waals surface area contributed by atoms with Crippen LogP contribution in [0, 0.1) is 29.6 Å². The summed E-state index contributed by atoms with van der Waals surface area (Å²) in [5.41, 5.74) is 0. The Morgan fingerprint density at radius 3 is 2.50 bits per heavy atom. The topological polar surface area (TPSA) is 12.0 Å². The third kappa shape index (κ3) is 1.05. The monoisotopic (exact) mass is 191 g/mol. The molecule has 3 fully saturated rings. The molecule has 14 heavy (non-hydrogen) atoms. The van der Waals surface area contributed by atoms with Gasteiger partial charge in [-0.3, -0.25) is 0 Å². The highest BCUT2D eigenvalue weighted by Gasteiger charge is 2.66. The minimum Gasteiger partial charge on any atom is -0.311 e. The molecule has 0 radical (unpaired) electrons. The molecule has 0 aliphatic heterocycles. The Balaban J connectivity index is 1.69. The van der Waals surface area contributed by atoms with E-state index in [2.05, 4.69) is 24.9 Å². The summed E-state index contributed by atoms with van der Waals surface area (Å²) in [4.78, 5) is 0. The van der Waals surface area contributed by atoms with E-state index in [0.717, 1.165) is 36.1 Å². The molecule has 0 aromatic carbocycles. The van der Waals surface area contributed by atoms with Crippen molar-refractivity contribution in [1.29, 1.82) is 0 Å². The largest absolute Gasteiger partial charge is 0.311 e. The van der Waals surface area contributed by atoms with E-state index in [1.807, 2.05) is 0 Å². The number of hydrogen-bond donors (Lipinski definition) is 1.